The molecule has 438 valence electrons. The number of hydrogen-bond donors (Lipinski definition) is 0. The second kappa shape index (κ2) is 31.7. The van der Waals surface area contributed by atoms with Gasteiger partial charge in [0.15, 0.2) is 0 Å². The van der Waals surface area contributed by atoms with Crippen LogP contribution in [0.3, 0.4) is 0 Å². The second-order valence-corrected chi connectivity index (χ2v) is 19.1. The number of benzene rings is 8. The van der Waals surface area contributed by atoms with Gasteiger partial charge in [0.1, 0.15) is 57.8 Å². The lowest BCUT2D eigenvalue weighted by atomic mass is 9.92. The van der Waals surface area contributed by atoms with Crippen molar-refractivity contribution in [3.05, 3.63) is 241 Å². The molecule has 0 aliphatic carbocycles. The molecule has 0 bridgehead atoms. The molecule has 0 aromatic heterocycles. The fraction of sp³-hybridized carbons (Fsp3) is 0.111. The number of ether oxygens (including phenoxy) is 8. The minimum atomic E-state index is -0.865. The molecule has 16 nitrogen and oxygen atoms in total. The van der Waals surface area contributed by atoms with E-state index in [9.17, 15) is 39.3 Å². The van der Waals surface area contributed by atoms with E-state index >= 15 is 0 Å². The van der Waals surface area contributed by atoms with Gasteiger partial charge in [-0.3, -0.25) is 0 Å². The van der Waals surface area contributed by atoms with Gasteiger partial charge in [-0.25, -0.2) is 28.8 Å². The molecule has 0 spiro atoms. The minimum absolute atomic E-state index is 0.163. The standard InChI is InChI=1S/C72H56N2O14/c1-3-65(75)83-43-11-9-41-81-57-29-21-51(22-30-57)45-55(47-73)71(79)85-59-33-17-49(18-34-59)25-39-67(77)87-63-37-27-53-13-5-7-15-61(53)69(63)70-62-16-8-6-14-54(62)28-38-64(70)88-68(78)40-26-50-19-35-60(36-20-50)86-72(80)56(48-74)46-52-23-31-58(32-24-52)82-42-10-12-44-84-66(76)4-2/h3-8,13-40,45-46H,1-2,9-12,41-44H2/b39-25+,40-26+,55-45+,56-46+. The maximum Gasteiger partial charge on any atom is 0.354 e. The molecular weight excluding hydrogens is 1120 g/mol. The average molecular weight is 1170 g/mol. The molecule has 16 heteroatoms. The summed E-state index contributed by atoms with van der Waals surface area (Å²) >= 11 is 0. The van der Waals surface area contributed by atoms with Gasteiger partial charge in [-0.05, 0) is 154 Å². The fourth-order valence-electron chi connectivity index (χ4n) is 8.60. The minimum Gasteiger partial charge on any atom is -0.494 e. The third-order valence-corrected chi connectivity index (χ3v) is 13.0. The molecule has 0 heterocycles. The van der Waals surface area contributed by atoms with E-state index in [-0.39, 0.29) is 47.4 Å². The Kier molecular flexibility index (Phi) is 22.4. The zero-order chi connectivity index (χ0) is 62.0. The van der Waals surface area contributed by atoms with Crippen LogP contribution in [0.1, 0.15) is 47.9 Å². The second-order valence-electron chi connectivity index (χ2n) is 19.1. The van der Waals surface area contributed by atoms with E-state index in [1.165, 1.54) is 60.7 Å². The van der Waals surface area contributed by atoms with Gasteiger partial charge in [-0.2, -0.15) is 10.5 Å². The highest BCUT2D eigenvalue weighted by atomic mass is 16.6. The summed E-state index contributed by atoms with van der Waals surface area (Å²) in [4.78, 5) is 75.9. The van der Waals surface area contributed by atoms with Crippen LogP contribution in [0.5, 0.6) is 34.5 Å². The molecule has 0 atom stereocenters. The number of esters is 6. The Bertz CT molecular complexity index is 3820. The first-order chi connectivity index (χ1) is 42.9. The summed E-state index contributed by atoms with van der Waals surface area (Å²) in [5.74, 6) is -2.23. The van der Waals surface area contributed by atoms with Crippen molar-refractivity contribution in [2.24, 2.45) is 0 Å². The lowest BCUT2D eigenvalue weighted by molar-refractivity contribution is -0.138. The first-order valence-electron chi connectivity index (χ1n) is 27.7. The summed E-state index contributed by atoms with van der Waals surface area (Å²) in [5.41, 5.74) is 2.82. The molecule has 8 aromatic carbocycles. The monoisotopic (exact) mass is 1170 g/mol. The summed E-state index contributed by atoms with van der Waals surface area (Å²) in [6, 6.07) is 52.1. The highest BCUT2D eigenvalue weighted by Crippen LogP contribution is 2.46. The Hall–Kier alpha value is -11.9. The van der Waals surface area contributed by atoms with Crippen LogP contribution < -0.4 is 28.4 Å². The van der Waals surface area contributed by atoms with Crippen molar-refractivity contribution >= 4 is 81.7 Å². The van der Waals surface area contributed by atoms with Crippen molar-refractivity contribution in [1.29, 1.82) is 10.5 Å². The van der Waals surface area contributed by atoms with Crippen LogP contribution in [-0.4, -0.2) is 62.2 Å². The van der Waals surface area contributed by atoms with E-state index < -0.39 is 35.8 Å². The molecule has 0 fully saturated rings. The predicted molar refractivity (Wildman–Crippen MR) is 332 cm³/mol. The SMILES string of the molecule is C=CC(=O)OCCCCOc1ccc(/C=C(\C#N)C(=O)Oc2ccc(/C=C/C(=O)Oc3ccc4ccccc4c3-c3c(OC(=O)/C=C/c4ccc(OC(=O)/C(C#N)=C/c5ccc(OCCCCOC(=O)C=C)cc5)cc4)ccc4ccccc34)cc2)cc1. The summed E-state index contributed by atoms with van der Waals surface area (Å²) in [7, 11) is 0. The summed E-state index contributed by atoms with van der Waals surface area (Å²) < 4.78 is 44.5. The van der Waals surface area contributed by atoms with Crippen molar-refractivity contribution in [1.82, 2.24) is 0 Å². The molecule has 8 rings (SSSR count). The van der Waals surface area contributed by atoms with Gasteiger partial charge in [-0.15, -0.1) is 0 Å². The van der Waals surface area contributed by atoms with Crippen molar-refractivity contribution in [2.75, 3.05) is 26.4 Å². The van der Waals surface area contributed by atoms with Gasteiger partial charge in [0.05, 0.1) is 26.4 Å². The average Bonchev–Trinajstić information content (AvgIpc) is 1.09. The third kappa shape index (κ3) is 18.1. The highest BCUT2D eigenvalue weighted by molar-refractivity contribution is 6.11. The Labute approximate surface area is 507 Å². The Morgan fingerprint density at radius 2 is 0.739 bits per heavy atom. The van der Waals surface area contributed by atoms with Gasteiger partial charge in [0.2, 0.25) is 0 Å². The summed E-state index contributed by atoms with van der Waals surface area (Å²) in [6.07, 6.45) is 13.2. The van der Waals surface area contributed by atoms with Gasteiger partial charge in [-0.1, -0.05) is 122 Å². The normalized spacial score (nSPS) is 11.2. The van der Waals surface area contributed by atoms with Gasteiger partial charge in [0, 0.05) is 35.4 Å². The van der Waals surface area contributed by atoms with Crippen LogP contribution in [0.2, 0.25) is 0 Å². The first kappa shape index (κ1) is 62.2. The van der Waals surface area contributed by atoms with Crippen LogP contribution in [0.15, 0.2) is 218 Å². The van der Waals surface area contributed by atoms with Crippen molar-refractivity contribution in [3.63, 3.8) is 0 Å². The third-order valence-electron chi connectivity index (χ3n) is 13.0. The van der Waals surface area contributed by atoms with Gasteiger partial charge < -0.3 is 37.9 Å². The fourth-order valence-corrected chi connectivity index (χ4v) is 8.60. The molecule has 88 heavy (non-hydrogen) atoms. The zero-order valence-electron chi connectivity index (χ0n) is 47.5. The van der Waals surface area contributed by atoms with Crippen molar-refractivity contribution < 1.29 is 66.7 Å². The number of hydrogen-bond acceptors (Lipinski definition) is 16. The highest BCUT2D eigenvalue weighted by Gasteiger charge is 2.22. The molecule has 0 unspecified atom stereocenters. The number of rotatable bonds is 27. The van der Waals surface area contributed by atoms with Crippen molar-refractivity contribution in [3.8, 4) is 57.8 Å². The predicted octanol–water partition coefficient (Wildman–Crippen LogP) is 13.7. The topological polar surface area (TPSA) is 224 Å². The molecule has 0 amide bonds. The molecule has 0 radical (unpaired) electrons. The number of unbranched alkanes of at least 4 members (excludes halogenated alkanes) is 2. The van der Waals surface area contributed by atoms with Gasteiger partial charge in [0.25, 0.3) is 0 Å². The van der Waals surface area contributed by atoms with Crippen LogP contribution >= 0.6 is 0 Å². The Morgan fingerprint density at radius 3 is 1.11 bits per heavy atom. The molecule has 0 aliphatic rings. The summed E-state index contributed by atoms with van der Waals surface area (Å²) in [6.45, 7) is 8.06. The number of carbonyl (C=O) groups is 6. The zero-order valence-corrected chi connectivity index (χ0v) is 47.5. The quantitative estimate of drug-likeness (QED) is 0.0153. The molecule has 0 aliphatic heterocycles. The largest absolute Gasteiger partial charge is 0.494 e. The van der Waals surface area contributed by atoms with Gasteiger partial charge >= 0.3 is 35.8 Å². The van der Waals surface area contributed by atoms with E-state index in [4.69, 9.17) is 37.9 Å². The summed E-state index contributed by atoms with van der Waals surface area (Å²) in [5, 5.41) is 22.7. The van der Waals surface area contributed by atoms with E-state index in [1.54, 1.807) is 84.9 Å². The lowest BCUT2D eigenvalue weighted by Crippen LogP contribution is -2.10. The molecular formula is C72H56N2O14. The Morgan fingerprint density at radius 1 is 0.386 bits per heavy atom. The van der Waals surface area contributed by atoms with Crippen LogP contribution in [0.4, 0.5) is 0 Å². The maximum atomic E-state index is 13.7. The molecule has 0 N–H and O–H groups in total. The number of nitriles is 2. The molecule has 0 saturated carbocycles. The van der Waals surface area contributed by atoms with Crippen LogP contribution in [0.25, 0.3) is 57.0 Å². The molecule has 0 saturated heterocycles. The lowest BCUT2D eigenvalue weighted by Gasteiger charge is -2.18. The van der Waals surface area contributed by atoms with E-state index in [0.717, 1.165) is 22.9 Å². The van der Waals surface area contributed by atoms with E-state index in [0.29, 0.717) is 94.5 Å². The van der Waals surface area contributed by atoms with Crippen LogP contribution in [-0.2, 0) is 38.2 Å². The van der Waals surface area contributed by atoms with E-state index in [2.05, 4.69) is 13.2 Å². The smallest absolute Gasteiger partial charge is 0.354 e. The van der Waals surface area contributed by atoms with Crippen molar-refractivity contribution in [2.45, 2.75) is 25.7 Å². The van der Waals surface area contributed by atoms with Crippen LogP contribution in [0, 0.1) is 22.7 Å². The Balaban J connectivity index is 0.890. The number of carbonyl (C=O) groups excluding carboxylic acids is 6. The number of nitrogens with zero attached hydrogens (tertiary/aromatic N) is 2. The number of fused-ring (bicyclic) bond motifs is 2. The maximum absolute atomic E-state index is 13.7. The molecule has 8 aromatic rings. The first-order valence-corrected chi connectivity index (χ1v) is 27.7. The van der Waals surface area contributed by atoms with E-state index in [1.807, 2.05) is 72.8 Å².